The van der Waals surface area contributed by atoms with Crippen molar-refractivity contribution in [1.82, 2.24) is 0 Å². The molecule has 3 rings (SSSR count). The highest BCUT2D eigenvalue weighted by molar-refractivity contribution is 5.79. The largest absolute Gasteiger partial charge is 0.458 e. The van der Waals surface area contributed by atoms with E-state index in [0.29, 0.717) is 5.92 Å². The van der Waals surface area contributed by atoms with Crippen molar-refractivity contribution in [3.05, 3.63) is 0 Å². The lowest BCUT2D eigenvalue weighted by Crippen LogP contribution is -2.49. The molecule has 154 valence electrons. The highest BCUT2D eigenvalue weighted by Crippen LogP contribution is 2.57. The molecule has 27 heavy (non-hydrogen) atoms. The first-order valence-electron chi connectivity index (χ1n) is 10.9. The van der Waals surface area contributed by atoms with Crippen LogP contribution >= 0.6 is 0 Å². The van der Waals surface area contributed by atoms with Gasteiger partial charge in [-0.25, -0.2) is 0 Å². The second kappa shape index (κ2) is 6.77. The molecule has 0 N–H and O–H groups in total. The third kappa shape index (κ3) is 3.11. The van der Waals surface area contributed by atoms with Crippen molar-refractivity contribution in [3.63, 3.8) is 0 Å². The molecule has 2 saturated carbocycles. The van der Waals surface area contributed by atoms with Crippen LogP contribution in [0, 0.1) is 34.0 Å². The maximum atomic E-state index is 13.6. The minimum absolute atomic E-state index is 0.0527. The Morgan fingerprint density at radius 1 is 1.07 bits per heavy atom. The summed E-state index contributed by atoms with van der Waals surface area (Å²) in [5, 5.41) is 0. The number of esters is 2. The molecule has 2 aliphatic carbocycles. The normalized spacial score (nSPS) is 34.5. The van der Waals surface area contributed by atoms with Gasteiger partial charge in [-0.05, 0) is 49.9 Å². The molecule has 0 aromatic rings. The van der Waals surface area contributed by atoms with Crippen LogP contribution in [0.25, 0.3) is 0 Å². The molecule has 6 unspecified atom stereocenters. The number of carbonyl (C=O) groups is 2. The fraction of sp³-hybridized carbons (Fsp3) is 0.913. The zero-order valence-corrected chi connectivity index (χ0v) is 18.3. The Labute approximate surface area is 164 Å². The summed E-state index contributed by atoms with van der Waals surface area (Å²) in [7, 11) is 0. The van der Waals surface area contributed by atoms with Crippen molar-refractivity contribution in [2.24, 2.45) is 34.0 Å². The number of rotatable bonds is 8. The van der Waals surface area contributed by atoms with E-state index in [2.05, 4.69) is 48.5 Å². The molecule has 1 saturated heterocycles. The van der Waals surface area contributed by atoms with Gasteiger partial charge in [-0.1, -0.05) is 48.0 Å². The van der Waals surface area contributed by atoms with Crippen LogP contribution in [0.4, 0.5) is 0 Å². The Bertz CT molecular complexity index is 605. The number of fused-ring (bicyclic) bond motifs is 1. The summed E-state index contributed by atoms with van der Waals surface area (Å²) < 4.78 is 11.8. The zero-order chi connectivity index (χ0) is 20.2. The van der Waals surface area contributed by atoms with E-state index in [4.69, 9.17) is 9.47 Å². The first kappa shape index (κ1) is 20.7. The van der Waals surface area contributed by atoms with Gasteiger partial charge in [0.05, 0.1) is 11.3 Å². The molecule has 6 atom stereocenters. The topological polar surface area (TPSA) is 52.6 Å². The van der Waals surface area contributed by atoms with Crippen molar-refractivity contribution in [2.45, 2.75) is 99.2 Å². The number of ether oxygens (including phenoxy) is 2. The van der Waals surface area contributed by atoms with Crippen molar-refractivity contribution in [2.75, 3.05) is 0 Å². The summed E-state index contributed by atoms with van der Waals surface area (Å²) in [4.78, 5) is 25.7. The smallest absolute Gasteiger partial charge is 0.312 e. The summed E-state index contributed by atoms with van der Waals surface area (Å²) in [5.41, 5.74) is -0.609. The monoisotopic (exact) mass is 378 g/mol. The van der Waals surface area contributed by atoms with E-state index >= 15 is 0 Å². The van der Waals surface area contributed by atoms with Crippen molar-refractivity contribution in [3.8, 4) is 0 Å². The Balaban J connectivity index is 1.85. The van der Waals surface area contributed by atoms with Crippen LogP contribution in [-0.2, 0) is 19.1 Å². The number of hydrogen-bond acceptors (Lipinski definition) is 4. The lowest BCUT2D eigenvalue weighted by atomic mass is 9.57. The molecule has 4 nitrogen and oxygen atoms in total. The van der Waals surface area contributed by atoms with Crippen LogP contribution in [0.15, 0.2) is 0 Å². The molecule has 0 aromatic heterocycles. The average Bonchev–Trinajstić information content (AvgIpc) is 3.25. The fourth-order valence-corrected chi connectivity index (χ4v) is 5.96. The quantitative estimate of drug-likeness (QED) is 0.549. The Kier molecular flexibility index (Phi) is 5.18. The molecule has 1 heterocycles. The van der Waals surface area contributed by atoms with Gasteiger partial charge in [0.1, 0.15) is 12.2 Å². The standard InChI is InChI=1S/C23H38O4/c1-8-21(4,5)13-23(7,22(6,9-2)10-3)20(25)27-17-14-11-15-16(12-14)19(24)26-18(15)17/h14-18H,8-13H2,1-7H3. The van der Waals surface area contributed by atoms with Crippen molar-refractivity contribution >= 4 is 11.9 Å². The third-order valence-corrected chi connectivity index (χ3v) is 8.79. The highest BCUT2D eigenvalue weighted by Gasteiger charge is 2.64. The number of hydrogen-bond donors (Lipinski definition) is 0. The van der Waals surface area contributed by atoms with Crippen LogP contribution in [0.1, 0.15) is 87.0 Å². The second-order valence-electron chi connectivity index (χ2n) is 10.6. The lowest BCUT2D eigenvalue weighted by molar-refractivity contribution is -0.182. The Hall–Kier alpha value is -1.06. The van der Waals surface area contributed by atoms with Crippen molar-refractivity contribution in [1.29, 1.82) is 0 Å². The molecule has 1 aliphatic heterocycles. The van der Waals surface area contributed by atoms with Gasteiger partial charge < -0.3 is 9.47 Å². The summed E-state index contributed by atoms with van der Waals surface area (Å²) in [6, 6.07) is 0. The fourth-order valence-electron chi connectivity index (χ4n) is 5.96. The maximum absolute atomic E-state index is 13.6. The van der Waals surface area contributed by atoms with E-state index in [-0.39, 0.29) is 46.8 Å². The molecule has 3 aliphatic rings. The Morgan fingerprint density at radius 2 is 1.70 bits per heavy atom. The predicted molar refractivity (Wildman–Crippen MR) is 105 cm³/mol. The Morgan fingerprint density at radius 3 is 2.26 bits per heavy atom. The molecule has 4 heteroatoms. The molecule has 0 aromatic carbocycles. The summed E-state index contributed by atoms with van der Waals surface area (Å²) in [6.07, 6.45) is 5.05. The van der Waals surface area contributed by atoms with Gasteiger partial charge in [-0.15, -0.1) is 0 Å². The zero-order valence-electron chi connectivity index (χ0n) is 18.3. The van der Waals surface area contributed by atoms with E-state index < -0.39 is 5.41 Å². The van der Waals surface area contributed by atoms with Gasteiger partial charge in [-0.2, -0.15) is 0 Å². The van der Waals surface area contributed by atoms with Crippen LogP contribution in [0.2, 0.25) is 0 Å². The molecule has 0 radical (unpaired) electrons. The van der Waals surface area contributed by atoms with Crippen LogP contribution in [-0.4, -0.2) is 24.1 Å². The minimum Gasteiger partial charge on any atom is -0.458 e. The molecule has 2 bridgehead atoms. The summed E-state index contributed by atoms with van der Waals surface area (Å²) >= 11 is 0. The molecule has 0 amide bonds. The van der Waals surface area contributed by atoms with Gasteiger partial charge in [0.2, 0.25) is 0 Å². The van der Waals surface area contributed by atoms with Gasteiger partial charge in [-0.3, -0.25) is 9.59 Å². The van der Waals surface area contributed by atoms with Gasteiger partial charge in [0.25, 0.3) is 0 Å². The molecule has 0 spiro atoms. The minimum atomic E-state index is -0.556. The summed E-state index contributed by atoms with van der Waals surface area (Å²) in [5.74, 6) is 0.442. The van der Waals surface area contributed by atoms with E-state index in [1.165, 1.54) is 0 Å². The van der Waals surface area contributed by atoms with Crippen LogP contribution in [0.5, 0.6) is 0 Å². The molecular formula is C23H38O4. The average molecular weight is 379 g/mol. The predicted octanol–water partition coefficient (Wildman–Crippen LogP) is 5.14. The van der Waals surface area contributed by atoms with Gasteiger partial charge in [0.15, 0.2) is 0 Å². The molecule has 3 fully saturated rings. The first-order valence-corrected chi connectivity index (χ1v) is 10.9. The third-order valence-electron chi connectivity index (χ3n) is 8.79. The maximum Gasteiger partial charge on any atom is 0.312 e. The first-order chi connectivity index (χ1) is 12.5. The lowest BCUT2D eigenvalue weighted by Gasteiger charge is -2.48. The van der Waals surface area contributed by atoms with Gasteiger partial charge in [0, 0.05) is 11.8 Å². The highest BCUT2D eigenvalue weighted by atomic mass is 16.6. The SMILES string of the molecule is CCC(C)(C)CC(C)(C(=O)OC1C2CC3C(=O)OC1C3C2)C(C)(CC)CC. The second-order valence-corrected chi connectivity index (χ2v) is 10.6. The van der Waals surface area contributed by atoms with Crippen molar-refractivity contribution < 1.29 is 19.1 Å². The number of carbonyl (C=O) groups excluding carboxylic acids is 2. The van der Waals surface area contributed by atoms with Crippen LogP contribution in [0.3, 0.4) is 0 Å². The van der Waals surface area contributed by atoms with E-state index in [1.807, 2.05) is 0 Å². The van der Waals surface area contributed by atoms with Gasteiger partial charge >= 0.3 is 11.9 Å². The van der Waals surface area contributed by atoms with E-state index in [9.17, 15) is 9.59 Å². The van der Waals surface area contributed by atoms with Crippen LogP contribution < -0.4 is 0 Å². The molecular weight excluding hydrogens is 340 g/mol. The summed E-state index contributed by atoms with van der Waals surface area (Å²) in [6.45, 7) is 15.4. The van der Waals surface area contributed by atoms with E-state index in [1.54, 1.807) is 0 Å². The van der Waals surface area contributed by atoms with E-state index in [0.717, 1.165) is 38.5 Å².